The van der Waals surface area contributed by atoms with Crippen molar-refractivity contribution in [1.29, 1.82) is 0 Å². The fraction of sp³-hybridized carbons (Fsp3) is 0.0556. The van der Waals surface area contributed by atoms with Crippen LogP contribution < -0.4 is 10.9 Å². The largest absolute Gasteiger partial charge is 0.466 e. The number of benzene rings is 1. The monoisotopic (exact) mass is 346 g/mol. The second-order valence-electron chi connectivity index (χ2n) is 5.73. The highest BCUT2D eigenvalue weighted by Gasteiger charge is 2.21. The van der Waals surface area contributed by atoms with Crippen molar-refractivity contribution in [2.24, 2.45) is 4.99 Å². The van der Waals surface area contributed by atoms with Gasteiger partial charge in [0, 0.05) is 11.1 Å². The van der Waals surface area contributed by atoms with Gasteiger partial charge in [-0.1, -0.05) is 18.2 Å². The lowest BCUT2D eigenvalue weighted by atomic mass is 10.1. The summed E-state index contributed by atoms with van der Waals surface area (Å²) in [6.07, 6.45) is 2.98. The zero-order chi connectivity index (χ0) is 17.3. The Balaban J connectivity index is 1.44. The number of hydrogen-bond acceptors (Lipinski definition) is 7. The smallest absolute Gasteiger partial charge is 0.192 e. The lowest BCUT2D eigenvalue weighted by molar-refractivity contribution is 0.429. The first-order valence-electron chi connectivity index (χ1n) is 8.07. The summed E-state index contributed by atoms with van der Waals surface area (Å²) in [5, 5.41) is 7.17. The summed E-state index contributed by atoms with van der Waals surface area (Å²) in [7, 11) is 0. The number of hydrazine groups is 1. The summed E-state index contributed by atoms with van der Waals surface area (Å²) in [6.45, 7) is 0. The Morgan fingerprint density at radius 3 is 2.65 bits per heavy atom. The molecule has 1 aliphatic heterocycles. The van der Waals surface area contributed by atoms with Crippen LogP contribution in [0.5, 0.6) is 0 Å². The third-order valence-electron chi connectivity index (χ3n) is 4.03. The van der Waals surface area contributed by atoms with Gasteiger partial charge in [0.25, 0.3) is 0 Å². The van der Waals surface area contributed by atoms with Crippen LogP contribution in [0.25, 0.3) is 23.0 Å². The van der Waals surface area contributed by atoms with E-state index < -0.39 is 0 Å². The van der Waals surface area contributed by atoms with Gasteiger partial charge in [-0.25, -0.2) is 15.4 Å². The number of hydrogen-bond donors (Lipinski definition) is 3. The number of rotatable bonds is 4. The van der Waals surface area contributed by atoms with Crippen LogP contribution >= 0.6 is 0 Å². The molecule has 128 valence electrons. The Morgan fingerprint density at radius 2 is 1.81 bits per heavy atom. The van der Waals surface area contributed by atoms with Gasteiger partial charge in [0.15, 0.2) is 23.6 Å². The maximum absolute atomic E-state index is 5.39. The van der Waals surface area contributed by atoms with E-state index in [-0.39, 0.29) is 6.17 Å². The van der Waals surface area contributed by atoms with Crippen molar-refractivity contribution in [1.82, 2.24) is 26.0 Å². The third-order valence-corrected chi connectivity index (χ3v) is 4.03. The average molecular weight is 346 g/mol. The molecular formula is C18H14N6O2. The van der Waals surface area contributed by atoms with Crippen LogP contribution in [0, 0.1) is 0 Å². The minimum Gasteiger partial charge on any atom is -0.466 e. The molecule has 0 bridgehead atoms. The van der Waals surface area contributed by atoms with E-state index in [0.717, 1.165) is 22.7 Å². The first-order chi connectivity index (χ1) is 12.9. The zero-order valence-corrected chi connectivity index (χ0v) is 13.5. The number of furan rings is 2. The van der Waals surface area contributed by atoms with E-state index >= 15 is 0 Å². The molecule has 0 saturated carbocycles. The van der Waals surface area contributed by atoms with Gasteiger partial charge in [0.2, 0.25) is 0 Å². The SMILES string of the molecule is c1cc(C2=NC(c3ccco3)NN2)cc(-c2n[nH]c(-c3ccco3)n2)c1. The minimum absolute atomic E-state index is 0.252. The van der Waals surface area contributed by atoms with E-state index in [2.05, 4.69) is 31.0 Å². The lowest BCUT2D eigenvalue weighted by Gasteiger charge is -2.03. The predicted molar refractivity (Wildman–Crippen MR) is 93.8 cm³/mol. The van der Waals surface area contributed by atoms with Crippen LogP contribution in [0.4, 0.5) is 0 Å². The first kappa shape index (κ1) is 14.7. The molecule has 1 atom stereocenters. The fourth-order valence-corrected chi connectivity index (χ4v) is 2.78. The molecule has 3 N–H and O–H groups in total. The summed E-state index contributed by atoms with van der Waals surface area (Å²) >= 11 is 0. The summed E-state index contributed by atoms with van der Waals surface area (Å²) in [6, 6.07) is 15.2. The van der Waals surface area contributed by atoms with Crippen molar-refractivity contribution in [3.8, 4) is 23.0 Å². The fourth-order valence-electron chi connectivity index (χ4n) is 2.78. The highest BCUT2D eigenvalue weighted by atomic mass is 16.3. The van der Waals surface area contributed by atoms with Gasteiger partial charge < -0.3 is 14.3 Å². The van der Waals surface area contributed by atoms with Gasteiger partial charge in [-0.15, -0.1) is 0 Å². The van der Waals surface area contributed by atoms with Crippen molar-refractivity contribution in [2.75, 3.05) is 0 Å². The van der Waals surface area contributed by atoms with Crippen LogP contribution in [-0.4, -0.2) is 21.0 Å². The molecule has 1 unspecified atom stereocenters. The maximum Gasteiger partial charge on any atom is 0.192 e. The van der Waals surface area contributed by atoms with Gasteiger partial charge in [0.1, 0.15) is 11.6 Å². The maximum atomic E-state index is 5.39. The summed E-state index contributed by atoms with van der Waals surface area (Å²) in [5.41, 5.74) is 7.99. The molecule has 4 aromatic rings. The van der Waals surface area contributed by atoms with Crippen molar-refractivity contribution >= 4 is 5.84 Å². The molecule has 5 rings (SSSR count). The molecule has 8 heteroatoms. The molecule has 0 saturated heterocycles. The van der Waals surface area contributed by atoms with Gasteiger partial charge in [0.05, 0.1) is 12.5 Å². The summed E-state index contributed by atoms with van der Waals surface area (Å²) in [4.78, 5) is 9.11. The Kier molecular flexibility index (Phi) is 3.39. The Bertz CT molecular complexity index is 1050. The van der Waals surface area contributed by atoms with E-state index in [1.807, 2.05) is 48.5 Å². The van der Waals surface area contributed by atoms with Crippen LogP contribution in [0.2, 0.25) is 0 Å². The minimum atomic E-state index is -0.252. The van der Waals surface area contributed by atoms with Gasteiger partial charge in [-0.2, -0.15) is 5.10 Å². The number of aromatic nitrogens is 3. The molecule has 26 heavy (non-hydrogen) atoms. The number of amidine groups is 1. The number of aromatic amines is 1. The summed E-state index contributed by atoms with van der Waals surface area (Å²) < 4.78 is 10.7. The molecule has 8 nitrogen and oxygen atoms in total. The Morgan fingerprint density at radius 1 is 0.923 bits per heavy atom. The number of nitrogens with one attached hydrogen (secondary N) is 3. The molecular weight excluding hydrogens is 332 g/mol. The van der Waals surface area contributed by atoms with Crippen LogP contribution in [0.15, 0.2) is 74.9 Å². The van der Waals surface area contributed by atoms with Crippen molar-refractivity contribution in [2.45, 2.75) is 6.17 Å². The molecule has 4 heterocycles. The van der Waals surface area contributed by atoms with Crippen molar-refractivity contribution in [3.63, 3.8) is 0 Å². The van der Waals surface area contributed by atoms with E-state index in [1.165, 1.54) is 0 Å². The molecule has 0 spiro atoms. The highest BCUT2D eigenvalue weighted by molar-refractivity contribution is 6.00. The normalized spacial score (nSPS) is 16.5. The van der Waals surface area contributed by atoms with Gasteiger partial charge in [-0.05, 0) is 30.3 Å². The van der Waals surface area contributed by atoms with Gasteiger partial charge in [-0.3, -0.25) is 5.10 Å². The molecule has 0 fully saturated rings. The molecule has 1 aliphatic rings. The van der Waals surface area contributed by atoms with E-state index in [4.69, 9.17) is 8.83 Å². The Hall–Kier alpha value is -3.65. The van der Waals surface area contributed by atoms with Crippen molar-refractivity contribution in [3.05, 3.63) is 72.4 Å². The highest BCUT2D eigenvalue weighted by Crippen LogP contribution is 2.23. The Labute approximate surface area is 147 Å². The molecule has 0 aliphatic carbocycles. The first-order valence-corrected chi connectivity index (χ1v) is 8.07. The molecule has 0 radical (unpaired) electrons. The standard InChI is InChI=1S/C18H14N6O2/c1-4-11(15-19-17(23-21-15)13-6-2-8-25-13)10-12(5-1)16-20-18(24-22-16)14-7-3-9-26-14/h1-10,17,23H,(H,19,21)(H,20,22,24). The van der Waals surface area contributed by atoms with Crippen LogP contribution in [-0.2, 0) is 0 Å². The quantitative estimate of drug-likeness (QED) is 0.525. The number of H-pyrrole nitrogens is 1. The number of nitrogens with zero attached hydrogens (tertiary/aromatic N) is 3. The molecule has 1 aromatic carbocycles. The topological polar surface area (TPSA) is 104 Å². The van der Waals surface area contributed by atoms with Crippen molar-refractivity contribution < 1.29 is 8.83 Å². The van der Waals surface area contributed by atoms with E-state index in [1.54, 1.807) is 12.5 Å². The zero-order valence-electron chi connectivity index (χ0n) is 13.5. The average Bonchev–Trinajstić information content (AvgIpc) is 3.49. The van der Waals surface area contributed by atoms with Crippen LogP contribution in [0.1, 0.15) is 17.5 Å². The van der Waals surface area contributed by atoms with Crippen LogP contribution in [0.3, 0.4) is 0 Å². The summed E-state index contributed by atoms with van der Waals surface area (Å²) in [5.74, 6) is 3.31. The second kappa shape index (κ2) is 6.01. The lowest BCUT2D eigenvalue weighted by Crippen LogP contribution is -2.31. The number of aliphatic imine (C=N–C) groups is 1. The molecule has 3 aromatic heterocycles. The van der Waals surface area contributed by atoms with E-state index in [9.17, 15) is 0 Å². The molecule has 0 amide bonds. The second-order valence-corrected chi connectivity index (χ2v) is 5.73. The third kappa shape index (κ3) is 2.58. The predicted octanol–water partition coefficient (Wildman–Crippen LogP) is 2.88. The van der Waals surface area contributed by atoms with Gasteiger partial charge >= 0.3 is 0 Å². The van der Waals surface area contributed by atoms with E-state index in [0.29, 0.717) is 17.4 Å².